The number of carbonyl (C=O) groups is 1. The van der Waals surface area contributed by atoms with E-state index in [0.29, 0.717) is 6.54 Å². The molecule has 7 heteroatoms. The molecule has 0 radical (unpaired) electrons. The Morgan fingerprint density at radius 2 is 2.16 bits per heavy atom. The number of hydrogen-bond acceptors (Lipinski definition) is 5. The summed E-state index contributed by atoms with van der Waals surface area (Å²) in [6.45, 7) is 6.34. The van der Waals surface area contributed by atoms with Gasteiger partial charge in [0.05, 0.1) is 5.69 Å². The quantitative estimate of drug-likeness (QED) is 0.622. The Labute approximate surface area is 111 Å². The fourth-order valence-electron chi connectivity index (χ4n) is 1.54. The summed E-state index contributed by atoms with van der Waals surface area (Å²) >= 11 is 0. The molecular weight excluding hydrogens is 246 g/mol. The minimum Gasteiger partial charge on any atom is -0.334 e. The zero-order valence-corrected chi connectivity index (χ0v) is 11.2. The van der Waals surface area contributed by atoms with E-state index in [0.717, 1.165) is 11.3 Å². The van der Waals surface area contributed by atoms with E-state index in [2.05, 4.69) is 25.6 Å². The van der Waals surface area contributed by atoms with Crippen LogP contribution in [0, 0.1) is 0 Å². The summed E-state index contributed by atoms with van der Waals surface area (Å²) in [6.07, 6.45) is 4.51. The van der Waals surface area contributed by atoms with Crippen LogP contribution < -0.4 is 10.6 Å². The van der Waals surface area contributed by atoms with Gasteiger partial charge in [0.2, 0.25) is 6.08 Å². The maximum Gasteiger partial charge on any atom is 0.316 e. The van der Waals surface area contributed by atoms with Crippen molar-refractivity contribution in [3.05, 3.63) is 23.8 Å². The van der Waals surface area contributed by atoms with E-state index < -0.39 is 6.03 Å². The van der Waals surface area contributed by atoms with Crippen LogP contribution in [0.4, 0.5) is 4.79 Å². The number of rotatable bonds is 4. The summed E-state index contributed by atoms with van der Waals surface area (Å²) in [5, 5.41) is 5.04. The normalized spacial score (nSPS) is 10.5. The Hall–Kier alpha value is -2.27. The molecular formula is C12H17N5O2. The van der Waals surface area contributed by atoms with Crippen LogP contribution in [0.15, 0.2) is 17.5 Å². The lowest BCUT2D eigenvalue weighted by Crippen LogP contribution is -2.35. The monoisotopic (exact) mass is 263 g/mol. The molecule has 0 aliphatic carbocycles. The zero-order valence-electron chi connectivity index (χ0n) is 11.2. The van der Waals surface area contributed by atoms with Gasteiger partial charge in [-0.2, -0.15) is 4.99 Å². The molecule has 0 saturated heterocycles. The Morgan fingerprint density at radius 1 is 1.42 bits per heavy atom. The van der Waals surface area contributed by atoms with Gasteiger partial charge in [-0.15, -0.1) is 0 Å². The number of isocyanates is 1. The highest BCUT2D eigenvalue weighted by atomic mass is 16.2. The first-order chi connectivity index (χ1) is 8.95. The fraction of sp³-hybridized carbons (Fsp3) is 0.500. The summed E-state index contributed by atoms with van der Waals surface area (Å²) in [4.78, 5) is 32.7. The average Bonchev–Trinajstić information content (AvgIpc) is 2.36. The molecule has 2 amide bonds. The second-order valence-corrected chi connectivity index (χ2v) is 4.91. The van der Waals surface area contributed by atoms with E-state index in [-0.39, 0.29) is 12.1 Å². The fourth-order valence-corrected chi connectivity index (χ4v) is 1.54. The minimum absolute atomic E-state index is 0.0905. The van der Waals surface area contributed by atoms with E-state index in [1.165, 1.54) is 12.4 Å². The van der Waals surface area contributed by atoms with Crippen molar-refractivity contribution < 1.29 is 9.59 Å². The van der Waals surface area contributed by atoms with Gasteiger partial charge in [-0.25, -0.2) is 19.6 Å². The molecule has 0 spiro atoms. The van der Waals surface area contributed by atoms with Crippen LogP contribution in [0.3, 0.4) is 0 Å². The van der Waals surface area contributed by atoms with Crippen LogP contribution in [0.25, 0.3) is 0 Å². The van der Waals surface area contributed by atoms with Gasteiger partial charge in [-0.3, -0.25) is 0 Å². The van der Waals surface area contributed by atoms with Crippen LogP contribution in [0.2, 0.25) is 0 Å². The van der Waals surface area contributed by atoms with Gasteiger partial charge in [-0.05, 0) is 0 Å². The Morgan fingerprint density at radius 3 is 2.79 bits per heavy atom. The molecule has 7 nitrogen and oxygen atoms in total. The SMILES string of the molecule is CC(C)(C)c1ncncc1CNC(=O)NCN=C=O. The van der Waals surface area contributed by atoms with Gasteiger partial charge >= 0.3 is 6.03 Å². The molecule has 1 heterocycles. The number of nitrogens with one attached hydrogen (secondary N) is 2. The van der Waals surface area contributed by atoms with Gasteiger partial charge in [0.1, 0.15) is 13.0 Å². The molecule has 0 unspecified atom stereocenters. The van der Waals surface area contributed by atoms with Crippen molar-refractivity contribution in [2.24, 2.45) is 4.99 Å². The number of urea groups is 1. The topological polar surface area (TPSA) is 96.3 Å². The summed E-state index contributed by atoms with van der Waals surface area (Å²) in [5.74, 6) is 0. The number of carbonyl (C=O) groups excluding carboxylic acids is 2. The van der Waals surface area contributed by atoms with Crippen LogP contribution >= 0.6 is 0 Å². The third-order valence-corrected chi connectivity index (χ3v) is 2.32. The summed E-state index contributed by atoms with van der Waals surface area (Å²) < 4.78 is 0. The van der Waals surface area contributed by atoms with Crippen molar-refractivity contribution in [3.8, 4) is 0 Å². The molecule has 0 bridgehead atoms. The maximum atomic E-state index is 11.4. The number of aromatic nitrogens is 2. The second-order valence-electron chi connectivity index (χ2n) is 4.91. The van der Waals surface area contributed by atoms with Gasteiger partial charge in [-0.1, -0.05) is 20.8 Å². The number of nitrogens with zero attached hydrogens (tertiary/aromatic N) is 3. The van der Waals surface area contributed by atoms with Crippen molar-refractivity contribution in [2.75, 3.05) is 6.67 Å². The van der Waals surface area contributed by atoms with E-state index in [4.69, 9.17) is 0 Å². The molecule has 0 aromatic carbocycles. The third kappa shape index (κ3) is 4.85. The lowest BCUT2D eigenvalue weighted by atomic mass is 9.89. The second kappa shape index (κ2) is 6.61. The molecule has 19 heavy (non-hydrogen) atoms. The molecule has 2 N–H and O–H groups in total. The van der Waals surface area contributed by atoms with Gasteiger partial charge in [0.25, 0.3) is 0 Å². The summed E-state index contributed by atoms with van der Waals surface area (Å²) in [6, 6.07) is -0.414. The van der Waals surface area contributed by atoms with Gasteiger partial charge < -0.3 is 10.6 Å². The van der Waals surface area contributed by atoms with Crippen molar-refractivity contribution in [2.45, 2.75) is 32.7 Å². The molecule has 1 aromatic rings. The molecule has 0 aliphatic rings. The number of aliphatic imine (C=N–C) groups is 1. The Bertz CT molecular complexity index is 489. The molecule has 0 saturated carbocycles. The Balaban J connectivity index is 2.63. The zero-order chi connectivity index (χ0) is 14.3. The molecule has 102 valence electrons. The van der Waals surface area contributed by atoms with Crippen LogP contribution in [0.1, 0.15) is 32.0 Å². The smallest absolute Gasteiger partial charge is 0.316 e. The number of hydrogen-bond donors (Lipinski definition) is 2. The molecule has 0 atom stereocenters. The van der Waals surface area contributed by atoms with Crippen molar-refractivity contribution in [1.82, 2.24) is 20.6 Å². The number of amides is 2. The van der Waals surface area contributed by atoms with E-state index in [1.807, 2.05) is 20.8 Å². The average molecular weight is 263 g/mol. The molecule has 0 aliphatic heterocycles. The lowest BCUT2D eigenvalue weighted by Gasteiger charge is -2.20. The first kappa shape index (κ1) is 14.8. The maximum absolute atomic E-state index is 11.4. The predicted molar refractivity (Wildman–Crippen MR) is 69.1 cm³/mol. The standard InChI is InChI=1S/C12H17N5O2/c1-12(2,3)10-9(4-13-6-16-10)5-15-11(19)17-7-14-8-18/h4,6H,5,7H2,1-3H3,(H2,15,17,19). The Kier molecular flexibility index (Phi) is 5.14. The van der Waals surface area contributed by atoms with Crippen molar-refractivity contribution >= 4 is 12.1 Å². The molecule has 0 fully saturated rings. The summed E-state index contributed by atoms with van der Waals surface area (Å²) in [7, 11) is 0. The van der Waals surface area contributed by atoms with E-state index in [1.54, 1.807) is 6.20 Å². The van der Waals surface area contributed by atoms with Crippen molar-refractivity contribution in [3.63, 3.8) is 0 Å². The van der Waals surface area contributed by atoms with E-state index in [9.17, 15) is 9.59 Å². The first-order valence-electron chi connectivity index (χ1n) is 5.80. The van der Waals surface area contributed by atoms with Crippen LogP contribution in [0.5, 0.6) is 0 Å². The van der Waals surface area contributed by atoms with Crippen LogP contribution in [-0.4, -0.2) is 28.7 Å². The molecule has 1 rings (SSSR count). The lowest BCUT2D eigenvalue weighted by molar-refractivity contribution is 0.240. The van der Waals surface area contributed by atoms with E-state index >= 15 is 0 Å². The van der Waals surface area contributed by atoms with Crippen LogP contribution in [-0.2, 0) is 16.8 Å². The molecule has 1 aromatic heterocycles. The summed E-state index contributed by atoms with van der Waals surface area (Å²) in [5.41, 5.74) is 1.61. The highest BCUT2D eigenvalue weighted by molar-refractivity contribution is 5.73. The predicted octanol–water partition coefficient (Wildman–Crippen LogP) is 0.867. The highest BCUT2D eigenvalue weighted by Crippen LogP contribution is 2.22. The third-order valence-electron chi connectivity index (χ3n) is 2.32. The van der Waals surface area contributed by atoms with Crippen molar-refractivity contribution in [1.29, 1.82) is 0 Å². The van der Waals surface area contributed by atoms with Gasteiger partial charge in [0, 0.05) is 23.7 Å². The highest BCUT2D eigenvalue weighted by Gasteiger charge is 2.19. The first-order valence-corrected chi connectivity index (χ1v) is 5.80. The minimum atomic E-state index is -0.414. The van der Waals surface area contributed by atoms with Gasteiger partial charge in [0.15, 0.2) is 0 Å². The largest absolute Gasteiger partial charge is 0.334 e.